The van der Waals surface area contributed by atoms with Gasteiger partial charge in [0.15, 0.2) is 5.17 Å². The summed E-state index contributed by atoms with van der Waals surface area (Å²) in [7, 11) is 1.66. The van der Waals surface area contributed by atoms with E-state index < -0.39 is 0 Å². The monoisotopic (exact) mass is 390 g/mol. The van der Waals surface area contributed by atoms with Crippen molar-refractivity contribution in [2.45, 2.75) is 25.6 Å². The van der Waals surface area contributed by atoms with Gasteiger partial charge in [-0.25, -0.2) is 9.38 Å². The molecule has 136 valence electrons. The molecule has 2 aromatic rings. The Bertz CT molecular complexity index is 865. The molecule has 0 fully saturated rings. The van der Waals surface area contributed by atoms with Gasteiger partial charge in [0.25, 0.3) is 0 Å². The van der Waals surface area contributed by atoms with E-state index in [4.69, 9.17) is 21.3 Å². The minimum atomic E-state index is -0.343. The number of thioether (sulfide) groups is 1. The SMILES string of the molecule is COc1ccc(CSC2=NC(c3ccc(F)cc3Cl)C(C)=C(C)N2)cc1. The molecule has 6 heteroatoms. The van der Waals surface area contributed by atoms with Gasteiger partial charge < -0.3 is 10.1 Å². The highest BCUT2D eigenvalue weighted by Gasteiger charge is 2.23. The molecule has 26 heavy (non-hydrogen) atoms. The van der Waals surface area contributed by atoms with E-state index in [0.29, 0.717) is 5.02 Å². The molecule has 0 saturated carbocycles. The van der Waals surface area contributed by atoms with Gasteiger partial charge in [-0.15, -0.1) is 0 Å². The first kappa shape index (κ1) is 18.8. The molecular weight excluding hydrogens is 371 g/mol. The number of aliphatic imine (C=N–C) groups is 1. The summed E-state index contributed by atoms with van der Waals surface area (Å²) in [6.07, 6.45) is 0. The Morgan fingerprint density at radius 2 is 1.92 bits per heavy atom. The summed E-state index contributed by atoms with van der Waals surface area (Å²) in [5.41, 5.74) is 4.12. The fourth-order valence-corrected chi connectivity index (χ4v) is 3.85. The summed E-state index contributed by atoms with van der Waals surface area (Å²) < 4.78 is 18.6. The maximum absolute atomic E-state index is 13.4. The second-order valence-electron chi connectivity index (χ2n) is 6.07. The highest BCUT2D eigenvalue weighted by atomic mass is 35.5. The topological polar surface area (TPSA) is 33.6 Å². The molecule has 1 heterocycles. The molecule has 0 spiro atoms. The molecule has 1 aliphatic rings. The lowest BCUT2D eigenvalue weighted by atomic mass is 9.98. The summed E-state index contributed by atoms with van der Waals surface area (Å²) in [5, 5.41) is 4.56. The Balaban J connectivity index is 1.79. The van der Waals surface area contributed by atoms with Crippen molar-refractivity contribution in [3.05, 3.63) is 75.7 Å². The zero-order valence-electron chi connectivity index (χ0n) is 14.8. The van der Waals surface area contributed by atoms with E-state index in [2.05, 4.69) is 5.32 Å². The molecule has 1 atom stereocenters. The highest BCUT2D eigenvalue weighted by Crippen LogP contribution is 2.36. The fraction of sp³-hybridized carbons (Fsp3) is 0.250. The molecule has 3 nitrogen and oxygen atoms in total. The van der Waals surface area contributed by atoms with E-state index in [9.17, 15) is 4.39 Å². The Labute approximate surface area is 162 Å². The molecule has 0 aromatic heterocycles. The van der Waals surface area contributed by atoms with E-state index >= 15 is 0 Å². The predicted molar refractivity (Wildman–Crippen MR) is 107 cm³/mol. The summed E-state index contributed by atoms with van der Waals surface area (Å²) >= 11 is 7.88. The van der Waals surface area contributed by atoms with Gasteiger partial charge in [0.05, 0.1) is 7.11 Å². The number of nitrogens with zero attached hydrogens (tertiary/aromatic N) is 1. The number of rotatable bonds is 4. The van der Waals surface area contributed by atoms with E-state index in [0.717, 1.165) is 33.5 Å². The van der Waals surface area contributed by atoms with Crippen molar-refractivity contribution < 1.29 is 9.13 Å². The van der Waals surface area contributed by atoms with Crippen molar-refractivity contribution in [1.82, 2.24) is 5.32 Å². The molecule has 0 radical (unpaired) electrons. The maximum Gasteiger partial charge on any atom is 0.162 e. The van der Waals surface area contributed by atoms with Crippen LogP contribution in [-0.2, 0) is 5.75 Å². The first-order valence-corrected chi connectivity index (χ1v) is 9.57. The van der Waals surface area contributed by atoms with Crippen LogP contribution in [0.2, 0.25) is 5.02 Å². The number of amidine groups is 1. The standard InChI is InChI=1S/C20H20ClFN2OS/c1-12-13(2)23-20(26-11-14-4-7-16(25-3)8-5-14)24-19(12)17-9-6-15(22)10-18(17)21/h4-10,19H,11H2,1-3H3,(H,23,24). The van der Waals surface area contributed by atoms with E-state index in [-0.39, 0.29) is 11.9 Å². The number of nitrogens with one attached hydrogen (secondary N) is 1. The van der Waals surface area contributed by atoms with Crippen molar-refractivity contribution in [2.24, 2.45) is 4.99 Å². The number of ether oxygens (including phenoxy) is 1. The first-order chi connectivity index (χ1) is 12.5. The second kappa shape index (κ2) is 8.14. The smallest absolute Gasteiger partial charge is 0.162 e. The van der Waals surface area contributed by atoms with Gasteiger partial charge in [0.1, 0.15) is 17.6 Å². The maximum atomic E-state index is 13.4. The Morgan fingerprint density at radius 1 is 1.19 bits per heavy atom. The Morgan fingerprint density at radius 3 is 2.58 bits per heavy atom. The lowest BCUT2D eigenvalue weighted by Gasteiger charge is -2.25. The summed E-state index contributed by atoms with van der Waals surface area (Å²) in [6.45, 7) is 4.03. The molecule has 1 aliphatic heterocycles. The molecule has 0 aliphatic carbocycles. The molecule has 1 unspecified atom stereocenters. The van der Waals surface area contributed by atoms with Crippen LogP contribution in [0.3, 0.4) is 0 Å². The van der Waals surface area contributed by atoms with Crippen LogP contribution >= 0.6 is 23.4 Å². The number of hydrogen-bond donors (Lipinski definition) is 1. The third-order valence-electron chi connectivity index (χ3n) is 4.33. The van der Waals surface area contributed by atoms with Crippen molar-refractivity contribution in [2.75, 3.05) is 7.11 Å². The van der Waals surface area contributed by atoms with Gasteiger partial charge >= 0.3 is 0 Å². The van der Waals surface area contributed by atoms with Crippen molar-refractivity contribution in [1.29, 1.82) is 0 Å². The minimum Gasteiger partial charge on any atom is -0.497 e. The van der Waals surface area contributed by atoms with E-state index in [1.165, 1.54) is 17.7 Å². The van der Waals surface area contributed by atoms with Crippen LogP contribution < -0.4 is 10.1 Å². The Kier molecular flexibility index (Phi) is 5.89. The fourth-order valence-electron chi connectivity index (χ4n) is 2.68. The van der Waals surface area contributed by atoms with E-state index in [1.54, 1.807) is 24.9 Å². The van der Waals surface area contributed by atoms with Crippen LogP contribution in [0, 0.1) is 5.82 Å². The zero-order valence-corrected chi connectivity index (χ0v) is 16.4. The second-order valence-corrected chi connectivity index (χ2v) is 7.44. The predicted octanol–water partition coefficient (Wildman–Crippen LogP) is 5.72. The number of hydrogen-bond acceptors (Lipinski definition) is 4. The summed E-state index contributed by atoms with van der Waals surface area (Å²) in [6, 6.07) is 12.2. The third-order valence-corrected chi connectivity index (χ3v) is 5.62. The zero-order chi connectivity index (χ0) is 18.7. The quantitative estimate of drug-likeness (QED) is 0.725. The highest BCUT2D eigenvalue weighted by molar-refractivity contribution is 8.13. The summed E-state index contributed by atoms with van der Waals surface area (Å²) in [4.78, 5) is 4.80. The number of halogens is 2. The van der Waals surface area contributed by atoms with Gasteiger partial charge in [-0.2, -0.15) is 0 Å². The van der Waals surface area contributed by atoms with Crippen LogP contribution in [-0.4, -0.2) is 12.3 Å². The number of allylic oxidation sites excluding steroid dienone is 1. The average Bonchev–Trinajstić information content (AvgIpc) is 2.63. The van der Waals surface area contributed by atoms with Crippen LogP contribution in [0.25, 0.3) is 0 Å². The van der Waals surface area contributed by atoms with Gasteiger partial charge in [0.2, 0.25) is 0 Å². The third kappa shape index (κ3) is 4.22. The van der Waals surface area contributed by atoms with Crippen molar-refractivity contribution >= 4 is 28.5 Å². The number of benzene rings is 2. The molecule has 0 amide bonds. The molecule has 2 aromatic carbocycles. The normalized spacial score (nSPS) is 17.0. The Hall–Kier alpha value is -1.98. The minimum absolute atomic E-state index is 0.206. The molecule has 0 saturated heterocycles. The van der Waals surface area contributed by atoms with Crippen molar-refractivity contribution in [3.63, 3.8) is 0 Å². The molecule has 3 rings (SSSR count). The molecule has 1 N–H and O–H groups in total. The lowest BCUT2D eigenvalue weighted by Crippen LogP contribution is -2.26. The molecular formula is C20H20ClFN2OS. The van der Waals surface area contributed by atoms with Gasteiger partial charge in [-0.3, -0.25) is 0 Å². The number of methoxy groups -OCH3 is 1. The van der Waals surface area contributed by atoms with Crippen LogP contribution in [0.4, 0.5) is 4.39 Å². The van der Waals surface area contributed by atoms with Crippen LogP contribution in [0.15, 0.2) is 58.7 Å². The van der Waals surface area contributed by atoms with Crippen LogP contribution in [0.5, 0.6) is 5.75 Å². The largest absolute Gasteiger partial charge is 0.497 e. The lowest BCUT2D eigenvalue weighted by molar-refractivity contribution is 0.414. The van der Waals surface area contributed by atoms with Crippen molar-refractivity contribution in [3.8, 4) is 5.75 Å². The summed E-state index contributed by atoms with van der Waals surface area (Å²) in [5.74, 6) is 1.28. The van der Waals surface area contributed by atoms with Gasteiger partial charge in [0, 0.05) is 16.5 Å². The van der Waals surface area contributed by atoms with Gasteiger partial charge in [-0.1, -0.05) is 41.6 Å². The van der Waals surface area contributed by atoms with Crippen LogP contribution in [0.1, 0.15) is 31.0 Å². The van der Waals surface area contributed by atoms with Gasteiger partial charge in [-0.05, 0) is 54.8 Å². The average molecular weight is 391 g/mol. The van der Waals surface area contributed by atoms with E-state index in [1.807, 2.05) is 38.1 Å². The first-order valence-electron chi connectivity index (χ1n) is 8.21. The molecule has 0 bridgehead atoms.